The number of rotatable bonds is 11. The first-order valence-electron chi connectivity index (χ1n) is 22.6. The van der Waals surface area contributed by atoms with E-state index in [0.717, 1.165) is 62.3 Å². The highest BCUT2D eigenvalue weighted by Crippen LogP contribution is 2.36. The number of benzene rings is 7. The highest BCUT2D eigenvalue weighted by atomic mass is 14.9. The van der Waals surface area contributed by atoms with Crippen molar-refractivity contribution in [3.05, 3.63) is 252 Å². The van der Waals surface area contributed by atoms with Crippen LogP contribution in [0, 0.1) is 26.2 Å². The van der Waals surface area contributed by atoms with Crippen molar-refractivity contribution in [2.45, 2.75) is 54.9 Å². The van der Waals surface area contributed by atoms with Crippen LogP contribution in [0.1, 0.15) is 66.6 Å². The minimum atomic E-state index is 0.550. The van der Waals surface area contributed by atoms with Crippen molar-refractivity contribution in [2.24, 2.45) is 0 Å². The van der Waals surface area contributed by atoms with Crippen LogP contribution in [0.4, 0.5) is 0 Å². The maximum atomic E-state index is 7.85. The quantitative estimate of drug-likeness (QED) is 0.104. The lowest BCUT2D eigenvalue weighted by atomic mass is 9.90. The fourth-order valence-electron chi connectivity index (χ4n) is 7.74. The highest BCUT2D eigenvalue weighted by molar-refractivity contribution is 5.99. The Hall–Kier alpha value is -7.75. The van der Waals surface area contributed by atoms with Crippen molar-refractivity contribution in [3.8, 4) is 45.0 Å². The minimum Gasteiger partial charge on any atom is -0.305 e. The third kappa shape index (κ3) is 12.3. The Balaban J connectivity index is 0.000000188. The standard InChI is InChI=1S/C28H24.C27H25N3.C8H12/c1-20(24-9-5-4-6-10-24)13-16-23-17-14-21(2)27(19-23)28-22(3)15-18-25-11-7-8-12-26(25)28;1-4-23-25(21-11-6-5-7-12-21)29-27(22-16-14-20(15-17-22)19(3)28)30-26(23)24-13-9-8-10-18(24)2;1-4-5-6-7-8(2)3/h4-19H,1H2,2-3H3;5-17,28H,4H2,1-3H3;4-7H,2H2,1,3H3/b16-13+;;5-4-,7-6-. The molecule has 8 rings (SSSR count). The third-order valence-electron chi connectivity index (χ3n) is 11.4. The molecule has 0 amide bonds. The van der Waals surface area contributed by atoms with E-state index in [1.807, 2.05) is 98.8 Å². The molecule has 0 aliphatic rings. The zero-order valence-electron chi connectivity index (χ0n) is 39.6. The van der Waals surface area contributed by atoms with Gasteiger partial charge in [0.05, 0.1) is 11.4 Å². The normalized spacial score (nSPS) is 11.0. The summed E-state index contributed by atoms with van der Waals surface area (Å²) < 4.78 is 0. The number of allylic oxidation sites excluding steroid dienone is 7. The van der Waals surface area contributed by atoms with Crippen LogP contribution in [-0.2, 0) is 6.42 Å². The second-order valence-corrected chi connectivity index (χ2v) is 16.5. The fraction of sp³-hybridized carbons (Fsp3) is 0.127. The first-order chi connectivity index (χ1) is 32.0. The van der Waals surface area contributed by atoms with Gasteiger partial charge in [-0.1, -0.05) is 220 Å². The van der Waals surface area contributed by atoms with Gasteiger partial charge in [0.2, 0.25) is 0 Å². The van der Waals surface area contributed by atoms with Crippen LogP contribution in [0.3, 0.4) is 0 Å². The number of nitrogens with zero attached hydrogens (tertiary/aromatic N) is 2. The van der Waals surface area contributed by atoms with Gasteiger partial charge in [0.25, 0.3) is 0 Å². The van der Waals surface area contributed by atoms with Crippen LogP contribution in [0.2, 0.25) is 0 Å². The smallest absolute Gasteiger partial charge is 0.160 e. The van der Waals surface area contributed by atoms with Crippen molar-refractivity contribution in [2.75, 3.05) is 0 Å². The van der Waals surface area contributed by atoms with E-state index in [1.165, 1.54) is 44.2 Å². The summed E-state index contributed by atoms with van der Waals surface area (Å²) in [5.41, 5.74) is 18.6. The van der Waals surface area contributed by atoms with E-state index in [2.05, 4.69) is 156 Å². The molecule has 3 heteroatoms. The Morgan fingerprint density at radius 1 is 0.576 bits per heavy atom. The molecule has 1 N–H and O–H groups in total. The number of aryl methyl sites for hydroxylation is 3. The molecule has 0 bridgehead atoms. The van der Waals surface area contributed by atoms with Crippen molar-refractivity contribution in [1.29, 1.82) is 5.41 Å². The Bertz CT molecular complexity index is 3040. The fourth-order valence-corrected chi connectivity index (χ4v) is 7.74. The maximum Gasteiger partial charge on any atom is 0.160 e. The van der Waals surface area contributed by atoms with Crippen molar-refractivity contribution < 1.29 is 0 Å². The molecule has 3 nitrogen and oxygen atoms in total. The molecule has 0 saturated carbocycles. The summed E-state index contributed by atoms with van der Waals surface area (Å²) in [5, 5.41) is 10.4. The summed E-state index contributed by atoms with van der Waals surface area (Å²) in [7, 11) is 0. The first kappa shape index (κ1) is 47.7. The maximum absolute atomic E-state index is 7.85. The van der Waals surface area contributed by atoms with Crippen LogP contribution in [0.25, 0.3) is 67.5 Å². The Labute approximate surface area is 393 Å². The molecule has 0 fully saturated rings. The van der Waals surface area contributed by atoms with Crippen LogP contribution < -0.4 is 0 Å². The molecule has 0 spiro atoms. The molecule has 66 heavy (non-hydrogen) atoms. The molecule has 7 aromatic carbocycles. The highest BCUT2D eigenvalue weighted by Gasteiger charge is 2.18. The topological polar surface area (TPSA) is 49.6 Å². The van der Waals surface area contributed by atoms with E-state index < -0.39 is 0 Å². The van der Waals surface area contributed by atoms with Gasteiger partial charge in [-0.2, -0.15) is 0 Å². The largest absolute Gasteiger partial charge is 0.305 e. The molecule has 0 unspecified atom stereocenters. The van der Waals surface area contributed by atoms with Gasteiger partial charge in [-0.15, -0.1) is 0 Å². The Morgan fingerprint density at radius 2 is 1.20 bits per heavy atom. The van der Waals surface area contributed by atoms with Gasteiger partial charge in [-0.05, 0) is 115 Å². The predicted octanol–water partition coefficient (Wildman–Crippen LogP) is 17.3. The van der Waals surface area contributed by atoms with Crippen molar-refractivity contribution in [1.82, 2.24) is 9.97 Å². The number of hydrogen-bond acceptors (Lipinski definition) is 3. The van der Waals surface area contributed by atoms with Crippen LogP contribution >= 0.6 is 0 Å². The second kappa shape index (κ2) is 23.3. The summed E-state index contributed by atoms with van der Waals surface area (Å²) in [6, 6.07) is 56.7. The van der Waals surface area contributed by atoms with Gasteiger partial charge in [0.15, 0.2) is 5.82 Å². The summed E-state index contributed by atoms with van der Waals surface area (Å²) in [6.07, 6.45) is 13.0. The molecule has 0 saturated heterocycles. The summed E-state index contributed by atoms with van der Waals surface area (Å²) >= 11 is 0. The second-order valence-electron chi connectivity index (χ2n) is 16.5. The van der Waals surface area contributed by atoms with Gasteiger partial charge in [0, 0.05) is 28.0 Å². The monoisotopic (exact) mass is 859 g/mol. The third-order valence-corrected chi connectivity index (χ3v) is 11.4. The average molecular weight is 860 g/mol. The van der Waals surface area contributed by atoms with E-state index >= 15 is 0 Å². The number of nitrogens with one attached hydrogen (secondary N) is 1. The van der Waals surface area contributed by atoms with Crippen LogP contribution in [0.5, 0.6) is 0 Å². The first-order valence-corrected chi connectivity index (χ1v) is 22.6. The van der Waals surface area contributed by atoms with E-state index in [0.29, 0.717) is 11.5 Å². The number of fused-ring (bicyclic) bond motifs is 1. The van der Waals surface area contributed by atoms with Crippen molar-refractivity contribution in [3.63, 3.8) is 0 Å². The van der Waals surface area contributed by atoms with Gasteiger partial charge in [-0.3, -0.25) is 0 Å². The predicted molar refractivity (Wildman–Crippen MR) is 287 cm³/mol. The Kier molecular flexibility index (Phi) is 16.8. The van der Waals surface area contributed by atoms with Gasteiger partial charge in [-0.25, -0.2) is 9.97 Å². The molecule has 0 aliphatic heterocycles. The molecule has 0 aliphatic carbocycles. The van der Waals surface area contributed by atoms with Gasteiger partial charge < -0.3 is 5.41 Å². The number of aromatic nitrogens is 2. The number of hydrogen-bond donors (Lipinski definition) is 1. The lowest BCUT2D eigenvalue weighted by Gasteiger charge is -2.16. The molecular formula is C63H61N3. The molecule has 1 heterocycles. The van der Waals surface area contributed by atoms with Gasteiger partial charge in [0.1, 0.15) is 0 Å². The van der Waals surface area contributed by atoms with Crippen LogP contribution in [-0.4, -0.2) is 15.7 Å². The summed E-state index contributed by atoms with van der Waals surface area (Å²) in [6.45, 7) is 22.3. The zero-order chi connectivity index (χ0) is 47.0. The van der Waals surface area contributed by atoms with E-state index in [1.54, 1.807) is 6.92 Å². The average Bonchev–Trinajstić information content (AvgIpc) is 3.34. The summed E-state index contributed by atoms with van der Waals surface area (Å²) in [5.74, 6) is 0.707. The zero-order valence-corrected chi connectivity index (χ0v) is 39.6. The SMILES string of the molecule is C=C(/C=C/c1ccc(C)c(-c2c(C)ccc3ccccc23)c1)c1ccccc1.C=C(C)/C=C\C=C/C.CCc1c(-c2ccccc2)nc(-c2ccc(C(C)=N)cc2)nc1-c1ccccc1C. The minimum absolute atomic E-state index is 0.550. The lowest BCUT2D eigenvalue weighted by Crippen LogP contribution is -2.03. The van der Waals surface area contributed by atoms with Crippen LogP contribution in [0.15, 0.2) is 213 Å². The molecular weight excluding hydrogens is 799 g/mol. The molecule has 1 aromatic heterocycles. The van der Waals surface area contributed by atoms with E-state index in [-0.39, 0.29) is 0 Å². The van der Waals surface area contributed by atoms with E-state index in [4.69, 9.17) is 15.4 Å². The molecule has 8 aromatic rings. The summed E-state index contributed by atoms with van der Waals surface area (Å²) in [4.78, 5) is 10.1. The molecule has 0 radical (unpaired) electrons. The Morgan fingerprint density at radius 3 is 1.86 bits per heavy atom. The van der Waals surface area contributed by atoms with Crippen molar-refractivity contribution >= 4 is 28.1 Å². The lowest BCUT2D eigenvalue weighted by molar-refractivity contribution is 1.06. The molecule has 0 atom stereocenters. The molecule has 328 valence electrons. The van der Waals surface area contributed by atoms with E-state index in [9.17, 15) is 0 Å². The van der Waals surface area contributed by atoms with Gasteiger partial charge >= 0.3 is 0 Å².